The number of carbonyl (C=O) groups excluding carboxylic acids is 3. The average Bonchev–Trinajstić information content (AvgIpc) is 2.91. The number of nitrogens with two attached hydrogens (primary N) is 1. The molecule has 7 nitrogen and oxygen atoms in total. The van der Waals surface area contributed by atoms with E-state index in [1.807, 2.05) is 60.4 Å². The fourth-order valence-electron chi connectivity index (χ4n) is 5.63. The number of fused-ring (bicyclic) bond motifs is 2. The van der Waals surface area contributed by atoms with Crippen molar-refractivity contribution in [2.45, 2.75) is 45.7 Å². The van der Waals surface area contributed by atoms with Crippen LogP contribution in [-0.2, 0) is 30.6 Å². The third-order valence-electron chi connectivity index (χ3n) is 7.77. The summed E-state index contributed by atoms with van der Waals surface area (Å²) >= 11 is 0. The Kier molecular flexibility index (Phi) is 6.85. The minimum atomic E-state index is -0.678. The Labute approximate surface area is 222 Å². The highest BCUT2D eigenvalue weighted by Gasteiger charge is 2.36. The van der Waals surface area contributed by atoms with Crippen molar-refractivity contribution < 1.29 is 14.4 Å². The van der Waals surface area contributed by atoms with Crippen molar-refractivity contribution in [3.63, 3.8) is 0 Å². The predicted molar refractivity (Wildman–Crippen MR) is 146 cm³/mol. The molecule has 0 saturated heterocycles. The van der Waals surface area contributed by atoms with Crippen molar-refractivity contribution in [1.29, 1.82) is 5.41 Å². The van der Waals surface area contributed by atoms with E-state index in [4.69, 9.17) is 11.1 Å². The standard InChI is InChI=1S/C31H32N4O3/c1-19-4-3-5-27-26(19)13-15-35(29(27)28(37)16-21-6-8-22(9-7-21)20(2)36)30(38)24-10-11-25-18-34(31(32)33)14-12-23(25)17-24/h3-11,17,29H,12-16,18H2,1-2H3,(H3,32,33). The molecule has 3 aromatic rings. The molecule has 2 aliphatic rings. The van der Waals surface area contributed by atoms with Crippen molar-refractivity contribution in [1.82, 2.24) is 9.80 Å². The first kappa shape index (κ1) is 25.4. The van der Waals surface area contributed by atoms with Crippen LogP contribution in [0.5, 0.6) is 0 Å². The predicted octanol–water partition coefficient (Wildman–Crippen LogP) is 4.00. The number of ketones is 2. The van der Waals surface area contributed by atoms with Crippen molar-refractivity contribution in [2.75, 3.05) is 13.1 Å². The quantitative estimate of drug-likeness (QED) is 0.308. The molecule has 1 atom stereocenters. The summed E-state index contributed by atoms with van der Waals surface area (Å²) in [6.45, 7) is 5.22. The molecular weight excluding hydrogens is 476 g/mol. The molecule has 2 heterocycles. The van der Waals surface area contributed by atoms with Crippen LogP contribution in [0.3, 0.4) is 0 Å². The number of Topliss-reactive ketones (excluding diaryl/α,β-unsaturated/α-hetero) is 2. The lowest BCUT2D eigenvalue weighted by Crippen LogP contribution is -2.44. The lowest BCUT2D eigenvalue weighted by atomic mass is 9.85. The second-order valence-electron chi connectivity index (χ2n) is 10.2. The van der Waals surface area contributed by atoms with Gasteiger partial charge in [-0.3, -0.25) is 19.8 Å². The molecule has 0 spiro atoms. The van der Waals surface area contributed by atoms with Gasteiger partial charge in [-0.05, 0) is 72.2 Å². The van der Waals surface area contributed by atoms with Crippen LogP contribution in [0.15, 0.2) is 60.7 Å². The Bertz CT molecular complexity index is 1440. The van der Waals surface area contributed by atoms with Gasteiger partial charge in [-0.25, -0.2) is 0 Å². The van der Waals surface area contributed by atoms with Gasteiger partial charge in [0.1, 0.15) is 6.04 Å². The van der Waals surface area contributed by atoms with Crippen molar-refractivity contribution in [3.8, 4) is 0 Å². The van der Waals surface area contributed by atoms with Gasteiger partial charge in [0.05, 0.1) is 0 Å². The zero-order chi connectivity index (χ0) is 27.0. The van der Waals surface area contributed by atoms with Crippen molar-refractivity contribution in [3.05, 3.63) is 105 Å². The number of nitrogens with zero attached hydrogens (tertiary/aromatic N) is 2. The van der Waals surface area contributed by atoms with Crippen LogP contribution in [-0.4, -0.2) is 46.3 Å². The maximum atomic E-state index is 13.9. The molecule has 3 N–H and O–H groups in total. The second kappa shape index (κ2) is 10.2. The van der Waals surface area contributed by atoms with Crippen LogP contribution < -0.4 is 5.73 Å². The molecule has 0 fully saturated rings. The van der Waals surface area contributed by atoms with E-state index >= 15 is 0 Å². The maximum Gasteiger partial charge on any atom is 0.254 e. The number of hydrogen-bond acceptors (Lipinski definition) is 4. The summed E-state index contributed by atoms with van der Waals surface area (Å²) in [7, 11) is 0. The largest absolute Gasteiger partial charge is 0.370 e. The molecular formula is C31H32N4O3. The van der Waals surface area contributed by atoms with Crippen LogP contribution in [0, 0.1) is 12.3 Å². The fraction of sp³-hybridized carbons (Fsp3) is 0.290. The molecule has 5 rings (SSSR count). The average molecular weight is 509 g/mol. The summed E-state index contributed by atoms with van der Waals surface area (Å²) < 4.78 is 0. The molecule has 0 bridgehead atoms. The van der Waals surface area contributed by atoms with Gasteiger partial charge in [-0.2, -0.15) is 0 Å². The maximum absolute atomic E-state index is 13.9. The zero-order valence-electron chi connectivity index (χ0n) is 21.8. The Morgan fingerprint density at radius 2 is 1.68 bits per heavy atom. The summed E-state index contributed by atoms with van der Waals surface area (Å²) in [6.07, 6.45) is 1.57. The monoisotopic (exact) mass is 508 g/mol. The highest BCUT2D eigenvalue weighted by Crippen LogP contribution is 2.34. The number of rotatable bonds is 5. The van der Waals surface area contributed by atoms with E-state index in [1.165, 1.54) is 6.92 Å². The summed E-state index contributed by atoms with van der Waals surface area (Å²) in [5, 5.41) is 7.72. The molecule has 7 heteroatoms. The lowest BCUT2D eigenvalue weighted by Gasteiger charge is -2.37. The molecule has 0 aliphatic carbocycles. The third-order valence-corrected chi connectivity index (χ3v) is 7.77. The number of aryl methyl sites for hydroxylation is 1. The molecule has 0 saturated carbocycles. The lowest BCUT2D eigenvalue weighted by molar-refractivity contribution is -0.123. The first-order valence-electron chi connectivity index (χ1n) is 13.0. The van der Waals surface area contributed by atoms with Gasteiger partial charge in [0, 0.05) is 37.2 Å². The molecule has 0 radical (unpaired) electrons. The summed E-state index contributed by atoms with van der Waals surface area (Å²) in [5.41, 5.74) is 13.0. The molecule has 2 aliphatic heterocycles. The number of guanidine groups is 1. The number of amides is 1. The smallest absolute Gasteiger partial charge is 0.254 e. The minimum absolute atomic E-state index is 0.0182. The highest BCUT2D eigenvalue weighted by atomic mass is 16.2. The van der Waals surface area contributed by atoms with Gasteiger partial charge < -0.3 is 15.5 Å². The fourth-order valence-corrected chi connectivity index (χ4v) is 5.63. The Hall–Kier alpha value is -4.26. The van der Waals surface area contributed by atoms with Crippen LogP contribution in [0.25, 0.3) is 0 Å². The van der Waals surface area contributed by atoms with Crippen molar-refractivity contribution >= 4 is 23.4 Å². The topological polar surface area (TPSA) is 108 Å². The Morgan fingerprint density at radius 3 is 2.39 bits per heavy atom. The van der Waals surface area contributed by atoms with E-state index in [1.54, 1.807) is 17.0 Å². The molecule has 38 heavy (non-hydrogen) atoms. The Balaban J connectivity index is 1.45. The van der Waals surface area contributed by atoms with E-state index in [-0.39, 0.29) is 29.9 Å². The molecule has 0 aromatic heterocycles. The molecule has 1 unspecified atom stereocenters. The van der Waals surface area contributed by atoms with Crippen LogP contribution in [0.1, 0.15) is 67.1 Å². The van der Waals surface area contributed by atoms with Crippen LogP contribution >= 0.6 is 0 Å². The first-order valence-corrected chi connectivity index (χ1v) is 13.0. The van der Waals surface area contributed by atoms with E-state index in [0.717, 1.165) is 33.4 Å². The van der Waals surface area contributed by atoms with Gasteiger partial charge in [0.25, 0.3) is 5.91 Å². The van der Waals surface area contributed by atoms with E-state index in [9.17, 15) is 14.4 Å². The summed E-state index contributed by atoms with van der Waals surface area (Å²) in [5.74, 6) is -0.166. The first-order chi connectivity index (χ1) is 18.2. The van der Waals surface area contributed by atoms with E-state index in [0.29, 0.717) is 43.6 Å². The number of carbonyl (C=O) groups is 3. The number of nitrogens with one attached hydrogen (secondary N) is 1. The van der Waals surface area contributed by atoms with Gasteiger partial charge in [0.2, 0.25) is 0 Å². The zero-order valence-corrected chi connectivity index (χ0v) is 21.8. The van der Waals surface area contributed by atoms with Crippen LogP contribution in [0.2, 0.25) is 0 Å². The van der Waals surface area contributed by atoms with E-state index < -0.39 is 6.04 Å². The highest BCUT2D eigenvalue weighted by molar-refractivity contribution is 5.99. The SMILES string of the molecule is CC(=O)c1ccc(CC(=O)C2c3cccc(C)c3CCN2C(=O)c2ccc3c(c2)CCN(C(=N)N)C3)cc1. The van der Waals surface area contributed by atoms with Gasteiger partial charge in [0.15, 0.2) is 17.5 Å². The normalized spacial score (nSPS) is 16.4. The third kappa shape index (κ3) is 4.84. The van der Waals surface area contributed by atoms with E-state index in [2.05, 4.69) is 0 Å². The molecule has 1 amide bonds. The van der Waals surface area contributed by atoms with Crippen LogP contribution in [0.4, 0.5) is 0 Å². The van der Waals surface area contributed by atoms with Crippen molar-refractivity contribution in [2.24, 2.45) is 5.73 Å². The number of hydrogen-bond donors (Lipinski definition) is 2. The summed E-state index contributed by atoms with van der Waals surface area (Å²) in [4.78, 5) is 42.9. The van der Waals surface area contributed by atoms with Gasteiger partial charge in [-0.15, -0.1) is 0 Å². The second-order valence-corrected chi connectivity index (χ2v) is 10.2. The minimum Gasteiger partial charge on any atom is -0.370 e. The number of benzene rings is 3. The molecule has 194 valence electrons. The van der Waals surface area contributed by atoms with Gasteiger partial charge >= 0.3 is 0 Å². The Morgan fingerprint density at radius 1 is 0.947 bits per heavy atom. The summed E-state index contributed by atoms with van der Waals surface area (Å²) in [6, 6.07) is 18.1. The van der Waals surface area contributed by atoms with Gasteiger partial charge in [-0.1, -0.05) is 48.5 Å². The molecule has 3 aromatic carbocycles.